The summed E-state index contributed by atoms with van der Waals surface area (Å²) in [5.41, 5.74) is 0.637. The normalized spacial score (nSPS) is 34.6. The van der Waals surface area contributed by atoms with Crippen LogP contribution in [0.3, 0.4) is 0 Å². The number of halogens is 2. The lowest BCUT2D eigenvalue weighted by atomic mass is 9.43. The van der Waals surface area contributed by atoms with Gasteiger partial charge in [0.2, 0.25) is 0 Å². The monoisotopic (exact) mass is 765 g/mol. The molecule has 52 heavy (non-hydrogen) atoms. The van der Waals surface area contributed by atoms with Gasteiger partial charge in [0.15, 0.2) is 0 Å². The van der Waals surface area contributed by atoms with Crippen LogP contribution in [0.2, 0.25) is 0 Å². The van der Waals surface area contributed by atoms with Crippen molar-refractivity contribution in [2.75, 3.05) is 38.5 Å². The number of esters is 2. The number of methoxy groups -OCH3 is 1. The van der Waals surface area contributed by atoms with E-state index in [9.17, 15) is 19.8 Å². The van der Waals surface area contributed by atoms with Crippen LogP contribution in [0.15, 0.2) is 24.3 Å². The SMILES string of the molecule is COc1ccc(COC(=O)CC[C@@H](C)[C@H]2CC[C@H]3[C@@H]4[C@H](O)C[C@@H]5C[C@H](OC(=O)CCCCCN(CCCl)CCCl)CC[C@]5(C)[C@H]4C[C@H](O)[C@]23C)cc1. The molecule has 8 nitrogen and oxygen atoms in total. The first kappa shape index (κ1) is 41.6. The molecule has 5 rings (SSSR count). The first-order valence-electron chi connectivity index (χ1n) is 20.1. The van der Waals surface area contributed by atoms with Crippen molar-refractivity contribution in [1.29, 1.82) is 0 Å². The van der Waals surface area contributed by atoms with Gasteiger partial charge in [-0.2, -0.15) is 0 Å². The summed E-state index contributed by atoms with van der Waals surface area (Å²) in [6.45, 7) is 9.74. The number of carbonyl (C=O) groups is 2. The molecular formula is C42H65Cl2NO7. The maximum absolute atomic E-state index is 12.9. The van der Waals surface area contributed by atoms with Crippen LogP contribution in [0.4, 0.5) is 0 Å². The molecule has 0 amide bonds. The maximum Gasteiger partial charge on any atom is 0.306 e. The highest BCUT2D eigenvalue weighted by atomic mass is 35.5. The van der Waals surface area contributed by atoms with E-state index in [0.717, 1.165) is 95.2 Å². The summed E-state index contributed by atoms with van der Waals surface area (Å²) in [7, 11) is 1.63. The Balaban J connectivity index is 1.10. The number of alkyl halides is 2. The highest BCUT2D eigenvalue weighted by molar-refractivity contribution is 6.18. The molecular weight excluding hydrogens is 701 g/mol. The predicted molar refractivity (Wildman–Crippen MR) is 205 cm³/mol. The Morgan fingerprint density at radius 2 is 1.63 bits per heavy atom. The zero-order chi connectivity index (χ0) is 37.5. The summed E-state index contributed by atoms with van der Waals surface area (Å²) in [6, 6.07) is 7.54. The van der Waals surface area contributed by atoms with Crippen molar-refractivity contribution < 1.29 is 34.0 Å². The van der Waals surface area contributed by atoms with Gasteiger partial charge in [0.05, 0.1) is 19.3 Å². The van der Waals surface area contributed by atoms with E-state index in [0.29, 0.717) is 31.0 Å². The third-order valence-electron chi connectivity index (χ3n) is 14.3. The van der Waals surface area contributed by atoms with Gasteiger partial charge in [-0.15, -0.1) is 23.2 Å². The minimum absolute atomic E-state index is 0.00436. The molecule has 4 aliphatic carbocycles. The van der Waals surface area contributed by atoms with Crippen molar-refractivity contribution in [3.05, 3.63) is 29.8 Å². The number of aliphatic hydroxyl groups is 2. The van der Waals surface area contributed by atoms with Gasteiger partial charge in [-0.3, -0.25) is 9.59 Å². The average Bonchev–Trinajstić information content (AvgIpc) is 3.49. The molecule has 0 spiro atoms. The van der Waals surface area contributed by atoms with Crippen LogP contribution in [-0.2, 0) is 25.7 Å². The van der Waals surface area contributed by atoms with Crippen LogP contribution < -0.4 is 4.74 Å². The molecule has 0 aromatic heterocycles. The molecule has 10 heteroatoms. The standard InChI is InChI=1S/C42H65Cl2NO7/c1-28(9-16-38(48)51-27-29-10-12-31(50-4)13-11-29)33-14-15-34-40-35(26-37(47)42(33,34)3)41(2)18-17-32(24-30(41)25-36(40)46)52-39(49)8-6-5-7-21-45(22-19-43)23-20-44/h10-13,28,30,32-37,40,46-47H,5-9,14-27H2,1-4H3/t28-,30+,32-,33-,34+,35+,36-,37+,40+,41+,42-/m1/s1. The minimum atomic E-state index is -0.453. The van der Waals surface area contributed by atoms with Crippen molar-refractivity contribution in [1.82, 2.24) is 4.90 Å². The third-order valence-corrected chi connectivity index (χ3v) is 14.7. The molecule has 1 aromatic carbocycles. The number of aliphatic hydroxyl groups excluding tert-OH is 2. The fourth-order valence-electron chi connectivity index (χ4n) is 11.3. The maximum atomic E-state index is 12.9. The fraction of sp³-hybridized carbons (Fsp3) is 0.810. The first-order valence-corrected chi connectivity index (χ1v) is 21.2. The molecule has 0 aliphatic heterocycles. The van der Waals surface area contributed by atoms with Crippen LogP contribution in [-0.4, -0.2) is 83.9 Å². The van der Waals surface area contributed by atoms with E-state index in [2.05, 4.69) is 25.7 Å². The van der Waals surface area contributed by atoms with E-state index in [4.69, 9.17) is 37.4 Å². The lowest BCUT2D eigenvalue weighted by molar-refractivity contribution is -0.209. The highest BCUT2D eigenvalue weighted by Crippen LogP contribution is 2.68. The Morgan fingerprint density at radius 1 is 0.904 bits per heavy atom. The zero-order valence-electron chi connectivity index (χ0n) is 32.1. The minimum Gasteiger partial charge on any atom is -0.497 e. The smallest absolute Gasteiger partial charge is 0.306 e. The number of nitrogens with zero attached hydrogens (tertiary/aromatic N) is 1. The van der Waals surface area contributed by atoms with Crippen LogP contribution in [0.1, 0.15) is 110 Å². The quantitative estimate of drug-likeness (QED) is 0.0881. The van der Waals surface area contributed by atoms with Crippen molar-refractivity contribution >= 4 is 35.1 Å². The summed E-state index contributed by atoms with van der Waals surface area (Å²) < 4.78 is 16.8. The van der Waals surface area contributed by atoms with Gasteiger partial charge in [-0.1, -0.05) is 39.3 Å². The molecule has 0 unspecified atom stereocenters. The third kappa shape index (κ3) is 9.44. The Hall–Kier alpha value is -1.58. The molecule has 294 valence electrons. The van der Waals surface area contributed by atoms with Gasteiger partial charge < -0.3 is 29.3 Å². The fourth-order valence-corrected chi connectivity index (χ4v) is 11.8. The van der Waals surface area contributed by atoms with Gasteiger partial charge in [0.1, 0.15) is 18.5 Å². The summed E-state index contributed by atoms with van der Waals surface area (Å²) in [4.78, 5) is 27.9. The molecule has 11 atom stereocenters. The van der Waals surface area contributed by atoms with Gasteiger partial charge >= 0.3 is 11.9 Å². The molecule has 0 radical (unpaired) electrons. The number of rotatable bonds is 18. The number of unbranched alkanes of at least 4 members (excludes halogenated alkanes) is 2. The Kier molecular flexibility index (Phi) is 15.1. The van der Waals surface area contributed by atoms with Crippen LogP contribution in [0, 0.1) is 46.3 Å². The topological polar surface area (TPSA) is 106 Å². The largest absolute Gasteiger partial charge is 0.497 e. The van der Waals surface area contributed by atoms with E-state index in [1.54, 1.807) is 7.11 Å². The average molecular weight is 767 g/mol. The van der Waals surface area contributed by atoms with E-state index in [1.165, 1.54) is 0 Å². The molecule has 2 N–H and O–H groups in total. The van der Waals surface area contributed by atoms with Gasteiger partial charge in [-0.25, -0.2) is 0 Å². The molecule has 0 heterocycles. The molecule has 4 aliphatic rings. The van der Waals surface area contributed by atoms with E-state index >= 15 is 0 Å². The van der Waals surface area contributed by atoms with Crippen molar-refractivity contribution in [2.45, 2.75) is 129 Å². The first-order chi connectivity index (χ1) is 24.9. The number of ether oxygens (including phenoxy) is 3. The van der Waals surface area contributed by atoms with Gasteiger partial charge in [0.25, 0.3) is 0 Å². The Morgan fingerprint density at radius 3 is 2.33 bits per heavy atom. The van der Waals surface area contributed by atoms with Crippen LogP contribution >= 0.6 is 23.2 Å². The summed E-state index contributed by atoms with van der Waals surface area (Å²) in [5, 5.41) is 23.9. The van der Waals surface area contributed by atoms with Crippen molar-refractivity contribution in [2.24, 2.45) is 46.3 Å². The number of carbonyl (C=O) groups excluding carboxylic acids is 2. The summed E-state index contributed by atoms with van der Waals surface area (Å²) in [5.74, 6) is 3.10. The highest BCUT2D eigenvalue weighted by Gasteiger charge is 2.65. The number of hydrogen-bond donors (Lipinski definition) is 2. The molecule has 0 saturated heterocycles. The lowest BCUT2D eigenvalue weighted by Crippen LogP contribution is -2.62. The molecule has 4 fully saturated rings. The van der Waals surface area contributed by atoms with E-state index in [-0.39, 0.29) is 71.0 Å². The van der Waals surface area contributed by atoms with Crippen LogP contribution in [0.25, 0.3) is 0 Å². The van der Waals surface area contributed by atoms with Crippen molar-refractivity contribution in [3.8, 4) is 5.75 Å². The van der Waals surface area contributed by atoms with Crippen molar-refractivity contribution in [3.63, 3.8) is 0 Å². The lowest BCUT2D eigenvalue weighted by Gasteiger charge is -2.63. The van der Waals surface area contributed by atoms with Crippen LogP contribution in [0.5, 0.6) is 5.75 Å². The van der Waals surface area contributed by atoms with E-state index < -0.39 is 12.2 Å². The number of fused-ring (bicyclic) bond motifs is 5. The molecule has 4 saturated carbocycles. The van der Waals surface area contributed by atoms with Gasteiger partial charge in [-0.05, 0) is 135 Å². The number of benzene rings is 1. The summed E-state index contributed by atoms with van der Waals surface area (Å²) in [6.07, 6.45) is 9.37. The summed E-state index contributed by atoms with van der Waals surface area (Å²) >= 11 is 11.8. The Bertz CT molecular complexity index is 1290. The molecule has 1 aromatic rings. The Labute approximate surface area is 322 Å². The number of hydrogen-bond acceptors (Lipinski definition) is 8. The second-order valence-electron chi connectivity index (χ2n) is 17.0. The zero-order valence-corrected chi connectivity index (χ0v) is 33.6. The second-order valence-corrected chi connectivity index (χ2v) is 17.8. The predicted octanol–water partition coefficient (Wildman–Crippen LogP) is 8.01. The second kappa shape index (κ2) is 18.8. The van der Waals surface area contributed by atoms with E-state index in [1.807, 2.05) is 24.3 Å². The van der Waals surface area contributed by atoms with Gasteiger partial charge in [0, 0.05) is 37.7 Å². The molecule has 0 bridgehead atoms.